The zero-order chi connectivity index (χ0) is 20.6. The van der Waals surface area contributed by atoms with Gasteiger partial charge in [-0.05, 0) is 82.7 Å². The topological polar surface area (TPSA) is 12.4 Å². The summed E-state index contributed by atoms with van der Waals surface area (Å²) in [4.78, 5) is 4.83. The van der Waals surface area contributed by atoms with E-state index in [9.17, 15) is 4.39 Å². The number of aryl methyl sites for hydroxylation is 1. The zero-order valence-corrected chi connectivity index (χ0v) is 18.3. The second kappa shape index (κ2) is 7.70. The van der Waals surface area contributed by atoms with Gasteiger partial charge in [-0.25, -0.2) is 4.39 Å². The van der Waals surface area contributed by atoms with Crippen LogP contribution in [-0.2, 0) is 11.8 Å². The van der Waals surface area contributed by atoms with Crippen molar-refractivity contribution < 1.29 is 4.39 Å². The summed E-state index contributed by atoms with van der Waals surface area (Å²) in [5.74, 6) is 1.05. The number of benzene rings is 2. The molecule has 0 spiro atoms. The maximum atomic E-state index is 13.1. The van der Waals surface area contributed by atoms with E-state index in [0.717, 1.165) is 12.1 Å². The Hall–Kier alpha value is -1.96. The number of rotatable bonds is 4. The first-order valence-electron chi connectivity index (χ1n) is 11.2. The lowest BCUT2D eigenvalue weighted by molar-refractivity contribution is 0.0332. The Morgan fingerprint density at radius 3 is 2.59 bits per heavy atom. The van der Waals surface area contributed by atoms with Crippen molar-refractivity contribution in [1.82, 2.24) is 0 Å². The van der Waals surface area contributed by atoms with Gasteiger partial charge in [-0.1, -0.05) is 64.4 Å². The molecular weight excluding hydrogens is 357 g/mol. The lowest BCUT2D eigenvalue weighted by Gasteiger charge is -2.55. The molecule has 1 nitrogen and oxygen atoms in total. The van der Waals surface area contributed by atoms with Crippen molar-refractivity contribution in [3.63, 3.8) is 0 Å². The highest BCUT2D eigenvalue weighted by Crippen LogP contribution is 2.57. The molecule has 1 fully saturated rings. The molecule has 154 valence electrons. The zero-order valence-electron chi connectivity index (χ0n) is 18.3. The highest BCUT2D eigenvalue weighted by Gasteiger charge is 2.51. The van der Waals surface area contributed by atoms with Crippen LogP contribution in [-0.4, -0.2) is 12.8 Å². The molecule has 0 radical (unpaired) electrons. The first kappa shape index (κ1) is 20.3. The van der Waals surface area contributed by atoms with Crippen molar-refractivity contribution in [1.29, 1.82) is 0 Å². The van der Waals surface area contributed by atoms with Crippen LogP contribution in [0.5, 0.6) is 0 Å². The number of hydrogen-bond donors (Lipinski definition) is 0. The smallest absolute Gasteiger partial charge is 0.123 e. The molecule has 29 heavy (non-hydrogen) atoms. The molecule has 2 aromatic rings. The van der Waals surface area contributed by atoms with Crippen molar-refractivity contribution in [3.05, 3.63) is 70.5 Å². The number of nitrogens with zero attached hydrogens (tertiary/aromatic N) is 1. The summed E-state index contributed by atoms with van der Waals surface area (Å²) in [6.07, 6.45) is 8.15. The van der Waals surface area contributed by atoms with Crippen LogP contribution in [0.2, 0.25) is 0 Å². The van der Waals surface area contributed by atoms with Gasteiger partial charge in [0, 0.05) is 12.8 Å². The highest BCUT2D eigenvalue weighted by molar-refractivity contribution is 5.79. The van der Waals surface area contributed by atoms with Crippen molar-refractivity contribution in [2.75, 3.05) is 6.54 Å². The predicted molar refractivity (Wildman–Crippen MR) is 121 cm³/mol. The maximum Gasteiger partial charge on any atom is 0.123 e. The van der Waals surface area contributed by atoms with Gasteiger partial charge in [0.25, 0.3) is 0 Å². The number of halogens is 1. The van der Waals surface area contributed by atoms with E-state index in [4.69, 9.17) is 4.99 Å². The molecule has 4 rings (SSSR count). The van der Waals surface area contributed by atoms with Crippen LogP contribution in [0.4, 0.5) is 4.39 Å². The lowest BCUT2D eigenvalue weighted by atomic mass is 9.50. The lowest BCUT2D eigenvalue weighted by Crippen LogP contribution is -2.50. The van der Waals surface area contributed by atoms with Crippen LogP contribution in [0.15, 0.2) is 47.5 Å². The van der Waals surface area contributed by atoms with Crippen molar-refractivity contribution >= 4 is 6.21 Å². The summed E-state index contributed by atoms with van der Waals surface area (Å²) in [5, 5.41) is 0. The molecule has 0 aliphatic heterocycles. The third-order valence-electron chi connectivity index (χ3n) is 7.73. The normalized spacial score (nSPS) is 29.1. The fraction of sp³-hybridized carbons (Fsp3) is 0.519. The van der Waals surface area contributed by atoms with E-state index >= 15 is 0 Å². The highest BCUT2D eigenvalue weighted by atomic mass is 19.1. The first-order valence-corrected chi connectivity index (χ1v) is 11.2. The third-order valence-corrected chi connectivity index (χ3v) is 7.73. The van der Waals surface area contributed by atoms with Crippen molar-refractivity contribution in [2.45, 2.75) is 71.1 Å². The molecule has 2 aromatic carbocycles. The summed E-state index contributed by atoms with van der Waals surface area (Å²) < 4.78 is 13.1. The third kappa shape index (κ3) is 3.79. The van der Waals surface area contributed by atoms with Gasteiger partial charge in [0.15, 0.2) is 0 Å². The van der Waals surface area contributed by atoms with Gasteiger partial charge in [-0.15, -0.1) is 0 Å². The largest absolute Gasteiger partial charge is 0.292 e. The van der Waals surface area contributed by atoms with Crippen LogP contribution in [0, 0.1) is 17.2 Å². The Morgan fingerprint density at radius 1 is 1.10 bits per heavy atom. The molecular formula is C27H34FN. The molecule has 0 amide bonds. The molecule has 2 aliphatic rings. The molecule has 1 saturated carbocycles. The van der Waals surface area contributed by atoms with Gasteiger partial charge in [0.2, 0.25) is 0 Å². The maximum absolute atomic E-state index is 13.1. The second-order valence-corrected chi connectivity index (χ2v) is 10.1. The van der Waals surface area contributed by atoms with Gasteiger partial charge < -0.3 is 0 Å². The average Bonchev–Trinajstić information content (AvgIpc) is 2.69. The predicted octanol–water partition coefficient (Wildman–Crippen LogP) is 7.08. The molecule has 0 N–H and O–H groups in total. The Bertz CT molecular complexity index is 897. The van der Waals surface area contributed by atoms with E-state index in [1.807, 2.05) is 6.21 Å². The van der Waals surface area contributed by atoms with Crippen molar-refractivity contribution in [3.8, 4) is 0 Å². The molecule has 0 aromatic heterocycles. The van der Waals surface area contributed by atoms with Crippen LogP contribution < -0.4 is 0 Å². The number of aliphatic imine (C=N–C) groups is 1. The number of fused-ring (bicyclic) bond motifs is 3. The Labute approximate surface area is 175 Å². The summed E-state index contributed by atoms with van der Waals surface area (Å²) in [6, 6.07) is 13.9. The van der Waals surface area contributed by atoms with Gasteiger partial charge in [0.05, 0.1) is 0 Å². The summed E-state index contributed by atoms with van der Waals surface area (Å²) in [7, 11) is 0. The SMILES string of the molecule is CC(C)c1ccc2c(c1)CC[C@H]1[C@](C)(CN=Cc3ccc(F)cc3)CCC[C@]21C. The Balaban J connectivity index is 1.58. The standard InChI is InChI=1S/C27H34FN/c1-19(2)21-8-12-24-22(16-21)9-13-25-26(3,14-5-15-27(24,25)4)18-29-17-20-6-10-23(28)11-7-20/h6-8,10-12,16-17,19,25H,5,9,13-15,18H2,1-4H3/t25-,26-,27+/m0/s1. The average molecular weight is 392 g/mol. The minimum Gasteiger partial charge on any atom is -0.292 e. The van der Waals surface area contributed by atoms with E-state index in [2.05, 4.69) is 45.9 Å². The summed E-state index contributed by atoms with van der Waals surface area (Å²) in [5.41, 5.74) is 6.08. The monoisotopic (exact) mass is 391 g/mol. The van der Waals surface area contributed by atoms with E-state index in [1.165, 1.54) is 49.8 Å². The molecule has 0 unspecified atom stereocenters. The van der Waals surface area contributed by atoms with Crippen LogP contribution >= 0.6 is 0 Å². The second-order valence-electron chi connectivity index (χ2n) is 10.1. The van der Waals surface area contributed by atoms with Gasteiger partial charge >= 0.3 is 0 Å². The van der Waals surface area contributed by atoms with Crippen LogP contribution in [0.25, 0.3) is 0 Å². The van der Waals surface area contributed by atoms with E-state index < -0.39 is 0 Å². The molecule has 0 bridgehead atoms. The van der Waals surface area contributed by atoms with Gasteiger partial charge in [-0.2, -0.15) is 0 Å². The number of hydrogen-bond acceptors (Lipinski definition) is 1. The van der Waals surface area contributed by atoms with Crippen molar-refractivity contribution in [2.24, 2.45) is 16.3 Å². The molecule has 3 atom stereocenters. The molecule has 2 heteroatoms. The van der Waals surface area contributed by atoms with Crippen LogP contribution in [0.1, 0.15) is 81.5 Å². The first-order chi connectivity index (χ1) is 13.8. The van der Waals surface area contributed by atoms with E-state index in [0.29, 0.717) is 11.8 Å². The fourth-order valence-electron chi connectivity index (χ4n) is 6.10. The van der Waals surface area contributed by atoms with E-state index in [1.54, 1.807) is 23.3 Å². The Kier molecular flexibility index (Phi) is 5.40. The molecule has 0 heterocycles. The van der Waals surface area contributed by atoms with Gasteiger partial charge in [-0.3, -0.25) is 4.99 Å². The van der Waals surface area contributed by atoms with E-state index in [-0.39, 0.29) is 16.6 Å². The fourth-order valence-corrected chi connectivity index (χ4v) is 6.10. The minimum absolute atomic E-state index is 0.196. The molecule has 0 saturated heterocycles. The summed E-state index contributed by atoms with van der Waals surface area (Å²) >= 11 is 0. The molecule has 2 aliphatic carbocycles. The minimum atomic E-state index is -0.196. The Morgan fingerprint density at radius 2 is 1.86 bits per heavy atom. The van der Waals surface area contributed by atoms with Gasteiger partial charge in [0.1, 0.15) is 5.82 Å². The summed E-state index contributed by atoms with van der Waals surface area (Å²) in [6.45, 7) is 10.4. The quantitative estimate of drug-likeness (QED) is 0.494. The van der Waals surface area contributed by atoms with Crippen LogP contribution in [0.3, 0.4) is 0 Å².